The third kappa shape index (κ3) is 3.65. The fraction of sp³-hybridized carbons (Fsp3) is 0.571. The maximum Gasteiger partial charge on any atom is 0.130 e. The van der Waals surface area contributed by atoms with Crippen LogP contribution in [0.4, 0.5) is 8.78 Å². The largest absolute Gasteiger partial charge is 0.328 e. The number of likely N-dealkylation sites (tertiary alicyclic amines) is 1. The lowest BCUT2D eigenvalue weighted by atomic mass is 10.0. The van der Waals surface area contributed by atoms with Gasteiger partial charge in [0.25, 0.3) is 0 Å². The SMILES string of the molecule is CC(N)C1CCN(C(C)c2ccc(F)cc2F)C1.Cl. The Kier molecular flexibility index (Phi) is 5.71. The minimum absolute atomic E-state index is 0. The topological polar surface area (TPSA) is 29.3 Å². The summed E-state index contributed by atoms with van der Waals surface area (Å²) in [5.41, 5.74) is 6.46. The van der Waals surface area contributed by atoms with Gasteiger partial charge in [0.1, 0.15) is 11.6 Å². The van der Waals surface area contributed by atoms with Crippen LogP contribution in [0.3, 0.4) is 0 Å². The van der Waals surface area contributed by atoms with Crippen molar-refractivity contribution in [1.82, 2.24) is 4.90 Å². The molecule has 108 valence electrons. The summed E-state index contributed by atoms with van der Waals surface area (Å²) in [5.74, 6) is -0.527. The molecule has 1 aromatic carbocycles. The summed E-state index contributed by atoms with van der Waals surface area (Å²) in [4.78, 5) is 2.21. The Balaban J connectivity index is 0.00000180. The van der Waals surface area contributed by atoms with Crippen molar-refractivity contribution in [3.05, 3.63) is 35.4 Å². The number of rotatable bonds is 3. The minimum atomic E-state index is -0.529. The highest BCUT2D eigenvalue weighted by Crippen LogP contribution is 2.29. The van der Waals surface area contributed by atoms with E-state index in [2.05, 4.69) is 4.90 Å². The maximum atomic E-state index is 13.7. The Hall–Kier alpha value is -0.710. The Morgan fingerprint density at radius 1 is 1.32 bits per heavy atom. The number of benzene rings is 1. The van der Waals surface area contributed by atoms with E-state index in [0.717, 1.165) is 25.6 Å². The molecular formula is C14H21ClF2N2. The monoisotopic (exact) mass is 290 g/mol. The summed E-state index contributed by atoms with van der Waals surface area (Å²) in [5, 5.41) is 0. The van der Waals surface area contributed by atoms with Crippen molar-refractivity contribution in [3.8, 4) is 0 Å². The molecule has 0 bridgehead atoms. The molecule has 1 fully saturated rings. The molecule has 1 aliphatic rings. The molecule has 0 amide bonds. The van der Waals surface area contributed by atoms with Gasteiger partial charge in [-0.05, 0) is 38.8 Å². The van der Waals surface area contributed by atoms with E-state index in [9.17, 15) is 8.78 Å². The van der Waals surface area contributed by atoms with Crippen molar-refractivity contribution in [1.29, 1.82) is 0 Å². The number of nitrogens with two attached hydrogens (primary N) is 1. The summed E-state index contributed by atoms with van der Waals surface area (Å²) in [7, 11) is 0. The van der Waals surface area contributed by atoms with E-state index >= 15 is 0 Å². The van der Waals surface area contributed by atoms with Gasteiger partial charge in [-0.25, -0.2) is 8.78 Å². The van der Waals surface area contributed by atoms with E-state index in [0.29, 0.717) is 11.5 Å². The predicted molar refractivity (Wildman–Crippen MR) is 75.4 cm³/mol. The molecule has 0 saturated carbocycles. The van der Waals surface area contributed by atoms with Gasteiger partial charge in [-0.15, -0.1) is 12.4 Å². The average Bonchev–Trinajstić information content (AvgIpc) is 2.77. The first-order valence-electron chi connectivity index (χ1n) is 6.43. The van der Waals surface area contributed by atoms with Crippen molar-refractivity contribution in [2.75, 3.05) is 13.1 Å². The van der Waals surface area contributed by atoms with Crippen LogP contribution in [0.2, 0.25) is 0 Å². The molecule has 0 aromatic heterocycles. The summed E-state index contributed by atoms with van der Waals surface area (Å²) >= 11 is 0. The molecular weight excluding hydrogens is 270 g/mol. The van der Waals surface area contributed by atoms with Crippen LogP contribution in [0, 0.1) is 17.6 Å². The molecule has 19 heavy (non-hydrogen) atoms. The average molecular weight is 291 g/mol. The molecule has 1 aliphatic heterocycles. The number of hydrogen-bond donors (Lipinski definition) is 1. The summed E-state index contributed by atoms with van der Waals surface area (Å²) in [6, 6.07) is 3.93. The predicted octanol–water partition coefficient (Wildman–Crippen LogP) is 3.12. The van der Waals surface area contributed by atoms with Crippen LogP contribution in [0.25, 0.3) is 0 Å². The quantitative estimate of drug-likeness (QED) is 0.927. The number of hydrogen-bond acceptors (Lipinski definition) is 2. The van der Waals surface area contributed by atoms with Gasteiger partial charge in [-0.1, -0.05) is 6.07 Å². The molecule has 0 radical (unpaired) electrons. The normalized spacial score (nSPS) is 22.9. The van der Waals surface area contributed by atoms with Crippen molar-refractivity contribution < 1.29 is 8.78 Å². The Morgan fingerprint density at radius 3 is 2.53 bits per heavy atom. The minimum Gasteiger partial charge on any atom is -0.328 e. The van der Waals surface area contributed by atoms with E-state index in [1.54, 1.807) is 0 Å². The highest BCUT2D eigenvalue weighted by atomic mass is 35.5. The second-order valence-corrected chi connectivity index (χ2v) is 5.24. The molecule has 2 N–H and O–H groups in total. The van der Waals surface area contributed by atoms with Gasteiger partial charge in [-0.3, -0.25) is 4.90 Å². The van der Waals surface area contributed by atoms with Crippen LogP contribution in [-0.2, 0) is 0 Å². The Labute approximate surface area is 119 Å². The van der Waals surface area contributed by atoms with Crippen molar-refractivity contribution in [2.45, 2.75) is 32.4 Å². The molecule has 1 aromatic rings. The lowest BCUT2D eigenvalue weighted by Gasteiger charge is -2.25. The van der Waals surface area contributed by atoms with Crippen LogP contribution in [0.1, 0.15) is 31.9 Å². The lowest BCUT2D eigenvalue weighted by Crippen LogP contribution is -2.31. The van der Waals surface area contributed by atoms with E-state index in [1.807, 2.05) is 13.8 Å². The van der Waals surface area contributed by atoms with Gasteiger partial charge >= 0.3 is 0 Å². The van der Waals surface area contributed by atoms with E-state index < -0.39 is 11.6 Å². The molecule has 2 rings (SSSR count). The first-order valence-corrected chi connectivity index (χ1v) is 6.43. The molecule has 0 aliphatic carbocycles. The fourth-order valence-electron chi connectivity index (χ4n) is 2.63. The zero-order valence-corrected chi connectivity index (χ0v) is 12.1. The third-order valence-corrected chi connectivity index (χ3v) is 3.96. The highest BCUT2D eigenvalue weighted by Gasteiger charge is 2.29. The second kappa shape index (κ2) is 6.64. The van der Waals surface area contributed by atoms with Gasteiger partial charge in [0.05, 0.1) is 0 Å². The molecule has 0 spiro atoms. The van der Waals surface area contributed by atoms with Crippen molar-refractivity contribution in [2.24, 2.45) is 11.7 Å². The second-order valence-electron chi connectivity index (χ2n) is 5.24. The van der Waals surface area contributed by atoms with Crippen LogP contribution >= 0.6 is 12.4 Å². The Morgan fingerprint density at radius 2 is 2.00 bits per heavy atom. The molecule has 2 nitrogen and oxygen atoms in total. The molecule has 3 atom stereocenters. The highest BCUT2D eigenvalue weighted by molar-refractivity contribution is 5.85. The van der Waals surface area contributed by atoms with Crippen molar-refractivity contribution >= 4 is 12.4 Å². The van der Waals surface area contributed by atoms with Crippen LogP contribution in [0.5, 0.6) is 0 Å². The van der Waals surface area contributed by atoms with E-state index in [1.165, 1.54) is 12.1 Å². The van der Waals surface area contributed by atoms with Gasteiger partial charge in [0.2, 0.25) is 0 Å². The summed E-state index contributed by atoms with van der Waals surface area (Å²) < 4.78 is 26.6. The zero-order chi connectivity index (χ0) is 13.3. The van der Waals surface area contributed by atoms with Crippen LogP contribution in [0.15, 0.2) is 18.2 Å². The summed E-state index contributed by atoms with van der Waals surface area (Å²) in [6.45, 7) is 5.77. The van der Waals surface area contributed by atoms with Gasteiger partial charge in [0.15, 0.2) is 0 Å². The van der Waals surface area contributed by atoms with Crippen LogP contribution in [-0.4, -0.2) is 24.0 Å². The number of nitrogens with zero attached hydrogens (tertiary/aromatic N) is 1. The molecule has 1 heterocycles. The van der Waals surface area contributed by atoms with Crippen molar-refractivity contribution in [3.63, 3.8) is 0 Å². The molecule has 5 heteroatoms. The standard InChI is InChI=1S/C14H20F2N2.ClH/c1-9(17)11-5-6-18(8-11)10(2)13-4-3-12(15)7-14(13)16;/h3-4,7,9-11H,5-6,8,17H2,1-2H3;1H. The smallest absolute Gasteiger partial charge is 0.130 e. The van der Waals surface area contributed by atoms with E-state index in [-0.39, 0.29) is 24.5 Å². The van der Waals surface area contributed by atoms with Crippen LogP contribution < -0.4 is 5.73 Å². The fourth-order valence-corrected chi connectivity index (χ4v) is 2.63. The lowest BCUT2D eigenvalue weighted by molar-refractivity contribution is 0.243. The molecule has 1 saturated heterocycles. The number of halogens is 3. The van der Waals surface area contributed by atoms with E-state index in [4.69, 9.17) is 5.73 Å². The molecule has 3 unspecified atom stereocenters. The first kappa shape index (κ1) is 16.3. The van der Waals surface area contributed by atoms with Gasteiger partial charge in [-0.2, -0.15) is 0 Å². The Bertz CT molecular complexity index is 426. The first-order chi connectivity index (χ1) is 8.49. The third-order valence-electron chi connectivity index (χ3n) is 3.96. The maximum absolute atomic E-state index is 13.7. The summed E-state index contributed by atoms with van der Waals surface area (Å²) in [6.07, 6.45) is 1.05. The van der Waals surface area contributed by atoms with Gasteiger partial charge < -0.3 is 5.73 Å². The van der Waals surface area contributed by atoms with Gasteiger partial charge in [0, 0.05) is 30.3 Å². The zero-order valence-electron chi connectivity index (χ0n) is 11.3.